The van der Waals surface area contributed by atoms with E-state index in [0.717, 1.165) is 12.0 Å². The summed E-state index contributed by atoms with van der Waals surface area (Å²) in [5.41, 5.74) is 9.73. The average Bonchev–Trinajstić information content (AvgIpc) is 2.45. The Labute approximate surface area is 130 Å². The predicted molar refractivity (Wildman–Crippen MR) is 89.2 cm³/mol. The van der Waals surface area contributed by atoms with Crippen LogP contribution in [0.5, 0.6) is 0 Å². The molecule has 0 bridgehead atoms. The van der Waals surface area contributed by atoms with E-state index in [1.165, 1.54) is 22.1 Å². The Kier molecular flexibility index (Phi) is 5.43. The zero-order valence-electron chi connectivity index (χ0n) is 12.8. The standard InChI is InChI=1S/C18H22FNS/c1-4-16(20)18(14-6-5-7-15(19)11-14)21-17-9-8-12(2)10-13(17)3/h5-11,16,18H,4,20H2,1-3H3. The lowest BCUT2D eigenvalue weighted by Crippen LogP contribution is -2.25. The van der Waals surface area contributed by atoms with Crippen LogP contribution in [0.15, 0.2) is 47.4 Å². The monoisotopic (exact) mass is 303 g/mol. The summed E-state index contributed by atoms with van der Waals surface area (Å²) >= 11 is 1.73. The van der Waals surface area contributed by atoms with E-state index in [1.807, 2.05) is 6.07 Å². The molecule has 0 heterocycles. The van der Waals surface area contributed by atoms with Crippen molar-refractivity contribution in [3.05, 3.63) is 65.0 Å². The number of hydrogen-bond donors (Lipinski definition) is 1. The van der Waals surface area contributed by atoms with Crippen molar-refractivity contribution in [3.8, 4) is 0 Å². The van der Waals surface area contributed by atoms with Crippen molar-refractivity contribution in [1.29, 1.82) is 0 Å². The smallest absolute Gasteiger partial charge is 0.123 e. The highest BCUT2D eigenvalue weighted by atomic mass is 32.2. The van der Waals surface area contributed by atoms with E-state index in [-0.39, 0.29) is 17.1 Å². The topological polar surface area (TPSA) is 26.0 Å². The molecule has 0 fully saturated rings. The Morgan fingerprint density at radius 1 is 1.14 bits per heavy atom. The van der Waals surface area contributed by atoms with Crippen LogP contribution >= 0.6 is 11.8 Å². The molecular weight excluding hydrogens is 281 g/mol. The van der Waals surface area contributed by atoms with Crippen LogP contribution in [0.25, 0.3) is 0 Å². The minimum Gasteiger partial charge on any atom is -0.326 e. The molecule has 0 saturated heterocycles. The van der Waals surface area contributed by atoms with Crippen molar-refractivity contribution in [3.63, 3.8) is 0 Å². The van der Waals surface area contributed by atoms with Gasteiger partial charge in [-0.1, -0.05) is 36.8 Å². The molecule has 0 spiro atoms. The molecule has 0 aliphatic carbocycles. The molecule has 2 N–H and O–H groups in total. The summed E-state index contributed by atoms with van der Waals surface area (Å²) in [6, 6.07) is 13.2. The molecule has 1 nitrogen and oxygen atoms in total. The number of rotatable bonds is 5. The molecule has 2 unspecified atom stereocenters. The third kappa shape index (κ3) is 4.08. The van der Waals surface area contributed by atoms with Gasteiger partial charge in [0.1, 0.15) is 5.82 Å². The van der Waals surface area contributed by atoms with Crippen molar-refractivity contribution in [2.24, 2.45) is 5.73 Å². The van der Waals surface area contributed by atoms with Crippen LogP contribution < -0.4 is 5.73 Å². The maximum atomic E-state index is 13.5. The first-order valence-corrected chi connectivity index (χ1v) is 8.14. The molecule has 21 heavy (non-hydrogen) atoms. The van der Waals surface area contributed by atoms with Gasteiger partial charge in [-0.05, 0) is 49.6 Å². The molecule has 2 rings (SSSR count). The van der Waals surface area contributed by atoms with Crippen LogP contribution in [-0.4, -0.2) is 6.04 Å². The van der Waals surface area contributed by atoms with Gasteiger partial charge in [-0.3, -0.25) is 0 Å². The first kappa shape index (κ1) is 16.1. The average molecular weight is 303 g/mol. The normalized spacial score (nSPS) is 14.0. The predicted octanol–water partition coefficient (Wildman–Crippen LogP) is 5.01. The minimum absolute atomic E-state index is 0.00231. The number of halogens is 1. The molecule has 2 aromatic rings. The van der Waals surface area contributed by atoms with Gasteiger partial charge in [0.05, 0.1) is 0 Å². The van der Waals surface area contributed by atoms with Gasteiger partial charge in [0.25, 0.3) is 0 Å². The Hall–Kier alpha value is -1.32. The summed E-state index contributed by atoms with van der Waals surface area (Å²) in [6.45, 7) is 6.26. The molecule has 2 aromatic carbocycles. The van der Waals surface area contributed by atoms with Crippen LogP contribution in [0, 0.1) is 19.7 Å². The lowest BCUT2D eigenvalue weighted by Gasteiger charge is -2.24. The summed E-state index contributed by atoms with van der Waals surface area (Å²) < 4.78 is 13.5. The van der Waals surface area contributed by atoms with Gasteiger partial charge in [0, 0.05) is 16.2 Å². The lowest BCUT2D eigenvalue weighted by molar-refractivity contribution is 0.610. The third-order valence-corrected chi connectivity index (χ3v) is 5.21. The second-order valence-corrected chi connectivity index (χ2v) is 6.62. The maximum absolute atomic E-state index is 13.5. The highest BCUT2D eigenvalue weighted by Crippen LogP contribution is 2.39. The Balaban J connectivity index is 2.33. The summed E-state index contributed by atoms with van der Waals surface area (Å²) in [4.78, 5) is 1.21. The molecule has 0 aromatic heterocycles. The van der Waals surface area contributed by atoms with Crippen molar-refractivity contribution in [2.75, 3.05) is 0 Å². The van der Waals surface area contributed by atoms with E-state index in [1.54, 1.807) is 23.9 Å². The van der Waals surface area contributed by atoms with Crippen LogP contribution in [0.4, 0.5) is 4.39 Å². The second-order valence-electron chi connectivity index (χ2n) is 5.43. The van der Waals surface area contributed by atoms with Gasteiger partial charge in [0.15, 0.2) is 0 Å². The van der Waals surface area contributed by atoms with Crippen LogP contribution in [0.2, 0.25) is 0 Å². The van der Waals surface area contributed by atoms with E-state index >= 15 is 0 Å². The number of aryl methyl sites for hydroxylation is 2. The molecule has 0 aliphatic heterocycles. The highest BCUT2D eigenvalue weighted by molar-refractivity contribution is 7.99. The quantitative estimate of drug-likeness (QED) is 0.785. The number of nitrogens with two attached hydrogens (primary N) is 1. The van der Waals surface area contributed by atoms with Crippen LogP contribution in [-0.2, 0) is 0 Å². The van der Waals surface area contributed by atoms with Crippen LogP contribution in [0.3, 0.4) is 0 Å². The Bertz CT molecular complexity index is 612. The fourth-order valence-corrected chi connectivity index (χ4v) is 3.68. The van der Waals surface area contributed by atoms with Gasteiger partial charge in [0.2, 0.25) is 0 Å². The lowest BCUT2D eigenvalue weighted by atomic mass is 10.0. The fourth-order valence-electron chi connectivity index (χ4n) is 2.37. The number of benzene rings is 2. The molecule has 0 saturated carbocycles. The molecule has 0 amide bonds. The van der Waals surface area contributed by atoms with Gasteiger partial charge < -0.3 is 5.73 Å². The number of thioether (sulfide) groups is 1. The molecule has 0 aliphatic rings. The Morgan fingerprint density at radius 3 is 2.52 bits per heavy atom. The Morgan fingerprint density at radius 2 is 1.90 bits per heavy atom. The van der Waals surface area contributed by atoms with Gasteiger partial charge in [-0.2, -0.15) is 0 Å². The van der Waals surface area contributed by atoms with Crippen molar-refractivity contribution < 1.29 is 4.39 Å². The van der Waals surface area contributed by atoms with Gasteiger partial charge in [-0.25, -0.2) is 4.39 Å². The summed E-state index contributed by atoms with van der Waals surface area (Å²) in [5, 5.41) is 0.0621. The second kappa shape index (κ2) is 7.10. The van der Waals surface area contributed by atoms with E-state index in [9.17, 15) is 4.39 Å². The fraction of sp³-hybridized carbons (Fsp3) is 0.333. The summed E-state index contributed by atoms with van der Waals surface area (Å²) in [5.74, 6) is -0.206. The molecule has 3 heteroatoms. The summed E-state index contributed by atoms with van der Waals surface area (Å²) in [6.07, 6.45) is 0.860. The van der Waals surface area contributed by atoms with E-state index in [2.05, 4.69) is 39.0 Å². The zero-order chi connectivity index (χ0) is 15.4. The first-order valence-electron chi connectivity index (χ1n) is 7.26. The molecule has 0 radical (unpaired) electrons. The van der Waals surface area contributed by atoms with Crippen molar-refractivity contribution in [1.82, 2.24) is 0 Å². The number of hydrogen-bond acceptors (Lipinski definition) is 2. The highest BCUT2D eigenvalue weighted by Gasteiger charge is 2.21. The van der Waals surface area contributed by atoms with E-state index in [4.69, 9.17) is 5.73 Å². The molecule has 2 atom stereocenters. The third-order valence-electron chi connectivity index (χ3n) is 3.62. The molecule has 112 valence electrons. The minimum atomic E-state index is -0.206. The summed E-state index contributed by atoms with van der Waals surface area (Å²) in [7, 11) is 0. The van der Waals surface area contributed by atoms with Gasteiger partial charge in [-0.15, -0.1) is 11.8 Å². The van der Waals surface area contributed by atoms with Crippen LogP contribution in [0.1, 0.15) is 35.3 Å². The van der Waals surface area contributed by atoms with E-state index in [0.29, 0.717) is 0 Å². The van der Waals surface area contributed by atoms with Crippen molar-refractivity contribution in [2.45, 2.75) is 43.4 Å². The SMILES string of the molecule is CCC(N)C(Sc1ccc(C)cc1C)c1cccc(F)c1. The zero-order valence-corrected chi connectivity index (χ0v) is 13.6. The maximum Gasteiger partial charge on any atom is 0.123 e. The van der Waals surface area contributed by atoms with Crippen molar-refractivity contribution >= 4 is 11.8 Å². The van der Waals surface area contributed by atoms with E-state index < -0.39 is 0 Å². The van der Waals surface area contributed by atoms with Gasteiger partial charge >= 0.3 is 0 Å². The molecular formula is C18H22FNS. The largest absolute Gasteiger partial charge is 0.326 e. The first-order chi connectivity index (χ1) is 10.0.